The molecular weight excluding hydrogens is 310 g/mol. The quantitative estimate of drug-likeness (QED) is 0.620. The molecule has 1 aliphatic rings. The second kappa shape index (κ2) is 4.63. The topological polar surface area (TPSA) is 46.6 Å². The first-order valence-corrected chi connectivity index (χ1v) is 6.83. The Kier molecular flexibility index (Phi) is 3.43. The number of benzene rings is 1. The Hall–Kier alpha value is -1.36. The van der Waals surface area contributed by atoms with Crippen LogP contribution >= 0.6 is 15.9 Å². The van der Waals surface area contributed by atoms with Gasteiger partial charge in [0.1, 0.15) is 5.75 Å². The second-order valence-electron chi connectivity index (χ2n) is 5.14. The van der Waals surface area contributed by atoms with Crippen LogP contribution in [0, 0.1) is 0 Å². The number of anilines is 1. The van der Waals surface area contributed by atoms with Crippen LogP contribution in [0.4, 0.5) is 5.69 Å². The highest BCUT2D eigenvalue weighted by atomic mass is 79.9. The van der Waals surface area contributed by atoms with E-state index in [1.807, 2.05) is 0 Å². The third-order valence-corrected chi connectivity index (χ3v) is 3.46. The van der Waals surface area contributed by atoms with Crippen LogP contribution in [0.1, 0.15) is 31.1 Å². The lowest BCUT2D eigenvalue weighted by Gasteiger charge is -2.30. The van der Waals surface area contributed by atoms with Gasteiger partial charge in [-0.3, -0.25) is 9.59 Å². The number of fused-ring (bicyclic) bond motifs is 1. The van der Waals surface area contributed by atoms with Crippen LogP contribution in [-0.4, -0.2) is 29.2 Å². The molecule has 0 aromatic heterocycles. The van der Waals surface area contributed by atoms with Crippen molar-refractivity contribution in [1.29, 1.82) is 0 Å². The molecule has 0 N–H and O–H groups in total. The molecule has 1 aromatic carbocycles. The normalized spacial score (nSPS) is 18.9. The minimum atomic E-state index is -0.632. The summed E-state index contributed by atoms with van der Waals surface area (Å²) < 4.78 is 4.89. The fraction of sp³-hybridized carbons (Fsp3) is 0.429. The molecule has 5 heteroatoms. The minimum Gasteiger partial charge on any atom is -0.479 e. The third-order valence-electron chi connectivity index (χ3n) is 3.10. The number of Topliss-reactive ketones (excluding diaryl/α,β-unsaturated/α-hetero) is 1. The number of nitrogens with zero attached hydrogens (tertiary/aromatic N) is 1. The number of halogens is 1. The average molecular weight is 326 g/mol. The first-order valence-electron chi connectivity index (χ1n) is 6.04. The summed E-state index contributed by atoms with van der Waals surface area (Å²) in [5.74, 6) is 0.475. The molecule has 1 unspecified atom stereocenters. The Bertz CT molecular complexity index is 548. The van der Waals surface area contributed by atoms with Gasteiger partial charge in [-0.25, -0.2) is 0 Å². The molecule has 0 spiro atoms. The van der Waals surface area contributed by atoms with Crippen LogP contribution < -0.4 is 9.64 Å². The molecule has 0 aliphatic carbocycles. The number of hydrogen-bond donors (Lipinski definition) is 0. The van der Waals surface area contributed by atoms with Gasteiger partial charge in [0.05, 0.1) is 10.0 Å². The number of carbonyl (C=O) groups is 2. The van der Waals surface area contributed by atoms with Gasteiger partial charge in [-0.2, -0.15) is 0 Å². The zero-order chi connectivity index (χ0) is 14.4. The van der Waals surface area contributed by atoms with Crippen molar-refractivity contribution in [1.82, 2.24) is 0 Å². The van der Waals surface area contributed by atoms with Crippen molar-refractivity contribution in [3.63, 3.8) is 0 Å². The summed E-state index contributed by atoms with van der Waals surface area (Å²) in [4.78, 5) is 25.6. The lowest BCUT2D eigenvalue weighted by atomic mass is 9.99. The van der Waals surface area contributed by atoms with Gasteiger partial charge < -0.3 is 9.64 Å². The van der Waals surface area contributed by atoms with E-state index in [-0.39, 0.29) is 11.7 Å². The van der Waals surface area contributed by atoms with Crippen molar-refractivity contribution in [2.45, 2.75) is 31.2 Å². The molecule has 2 rings (SSSR count). The zero-order valence-corrected chi connectivity index (χ0v) is 12.9. The van der Waals surface area contributed by atoms with E-state index in [0.29, 0.717) is 17.0 Å². The van der Waals surface area contributed by atoms with Crippen LogP contribution in [0.5, 0.6) is 5.75 Å². The number of ketones is 1. The predicted octanol–water partition coefficient (Wildman–Crippen LogP) is 2.79. The van der Waals surface area contributed by atoms with Gasteiger partial charge in [-0.15, -0.1) is 0 Å². The van der Waals surface area contributed by atoms with E-state index in [4.69, 9.17) is 4.74 Å². The monoisotopic (exact) mass is 325 g/mol. The number of hydrogen-bond acceptors (Lipinski definition) is 3. The molecule has 0 fully saturated rings. The number of ether oxygens (including phenoxy) is 1. The molecule has 1 amide bonds. The predicted molar refractivity (Wildman–Crippen MR) is 77.3 cm³/mol. The van der Waals surface area contributed by atoms with Crippen molar-refractivity contribution in [2.75, 3.05) is 11.9 Å². The Morgan fingerprint density at radius 1 is 1.42 bits per heavy atom. The van der Waals surface area contributed by atoms with Gasteiger partial charge in [-0.1, -0.05) is 15.9 Å². The molecule has 1 aromatic rings. The summed E-state index contributed by atoms with van der Waals surface area (Å²) >= 11 is 3.35. The Balaban J connectivity index is 2.45. The second-order valence-corrected chi connectivity index (χ2v) is 7.12. The number of carbonyl (C=O) groups excluding carboxylic acids is 2. The fourth-order valence-corrected chi connectivity index (χ4v) is 2.22. The molecule has 0 saturated carbocycles. The first-order chi connectivity index (χ1) is 8.71. The van der Waals surface area contributed by atoms with Crippen LogP contribution in [0.15, 0.2) is 18.2 Å². The molecule has 1 heterocycles. The van der Waals surface area contributed by atoms with Crippen molar-refractivity contribution in [2.24, 2.45) is 0 Å². The van der Waals surface area contributed by atoms with Crippen molar-refractivity contribution in [3.8, 4) is 5.75 Å². The SMILES string of the molecule is CC1Oc2ccc(C(=O)C(C)(C)Br)cc2N(C)C1=O. The first kappa shape index (κ1) is 14.1. The van der Waals surface area contributed by atoms with Crippen molar-refractivity contribution in [3.05, 3.63) is 23.8 Å². The van der Waals surface area contributed by atoms with Crippen molar-refractivity contribution >= 4 is 33.3 Å². The Morgan fingerprint density at radius 2 is 2.05 bits per heavy atom. The minimum absolute atomic E-state index is 0.0326. The molecule has 0 bridgehead atoms. The lowest BCUT2D eigenvalue weighted by molar-refractivity contribution is -0.125. The number of amides is 1. The smallest absolute Gasteiger partial charge is 0.267 e. The van der Waals surface area contributed by atoms with Crippen LogP contribution in [-0.2, 0) is 4.79 Å². The van der Waals surface area contributed by atoms with E-state index in [0.717, 1.165) is 0 Å². The summed E-state index contributed by atoms with van der Waals surface area (Å²) in [6.45, 7) is 5.30. The summed E-state index contributed by atoms with van der Waals surface area (Å²) in [6, 6.07) is 5.16. The van der Waals surface area contributed by atoms with Gasteiger partial charge in [0.15, 0.2) is 11.9 Å². The van der Waals surface area contributed by atoms with Gasteiger partial charge >= 0.3 is 0 Å². The Labute approximate surface area is 120 Å². The molecule has 0 radical (unpaired) electrons. The number of rotatable bonds is 2. The van der Waals surface area contributed by atoms with E-state index in [9.17, 15) is 9.59 Å². The number of alkyl halides is 1. The highest BCUT2D eigenvalue weighted by Gasteiger charge is 2.31. The maximum Gasteiger partial charge on any atom is 0.267 e. The summed E-state index contributed by atoms with van der Waals surface area (Å²) in [5.41, 5.74) is 1.18. The summed E-state index contributed by atoms with van der Waals surface area (Å²) in [6.07, 6.45) is -0.494. The molecule has 102 valence electrons. The van der Waals surface area contributed by atoms with E-state index < -0.39 is 10.4 Å². The Morgan fingerprint density at radius 3 is 2.63 bits per heavy atom. The molecule has 19 heavy (non-hydrogen) atoms. The van der Waals surface area contributed by atoms with Crippen LogP contribution in [0.3, 0.4) is 0 Å². The van der Waals surface area contributed by atoms with Crippen LogP contribution in [0.2, 0.25) is 0 Å². The van der Waals surface area contributed by atoms with Gasteiger partial charge in [0.25, 0.3) is 5.91 Å². The maximum atomic E-state index is 12.2. The molecular formula is C14H16BrNO3. The lowest BCUT2D eigenvalue weighted by Crippen LogP contribution is -2.42. The van der Waals surface area contributed by atoms with Gasteiger partial charge in [0.2, 0.25) is 0 Å². The zero-order valence-electron chi connectivity index (χ0n) is 11.4. The van der Waals surface area contributed by atoms with E-state index in [1.165, 1.54) is 4.90 Å². The third kappa shape index (κ3) is 2.52. The van der Waals surface area contributed by atoms with Crippen molar-refractivity contribution < 1.29 is 14.3 Å². The highest BCUT2D eigenvalue weighted by Crippen LogP contribution is 2.35. The van der Waals surface area contributed by atoms with Gasteiger partial charge in [-0.05, 0) is 39.0 Å². The summed E-state index contributed by atoms with van der Waals surface area (Å²) in [5, 5.41) is 0. The molecule has 4 nitrogen and oxygen atoms in total. The molecule has 0 saturated heterocycles. The maximum absolute atomic E-state index is 12.2. The standard InChI is InChI=1S/C14H16BrNO3/c1-8-13(18)16(4)10-7-9(5-6-11(10)19-8)12(17)14(2,3)15/h5-8H,1-4H3. The van der Waals surface area contributed by atoms with Crippen LogP contribution in [0.25, 0.3) is 0 Å². The average Bonchev–Trinajstić information content (AvgIpc) is 2.34. The van der Waals surface area contributed by atoms with E-state index >= 15 is 0 Å². The van der Waals surface area contributed by atoms with Gasteiger partial charge in [0, 0.05) is 12.6 Å². The number of likely N-dealkylation sites (N-methyl/N-ethyl adjacent to an activating group) is 1. The summed E-state index contributed by atoms with van der Waals surface area (Å²) in [7, 11) is 1.69. The molecule has 1 aliphatic heterocycles. The molecule has 1 atom stereocenters. The van der Waals surface area contributed by atoms with E-state index in [1.54, 1.807) is 46.0 Å². The van der Waals surface area contributed by atoms with E-state index in [2.05, 4.69) is 15.9 Å². The fourth-order valence-electron chi connectivity index (χ4n) is 2.00. The highest BCUT2D eigenvalue weighted by molar-refractivity contribution is 9.10. The largest absolute Gasteiger partial charge is 0.479 e.